The lowest BCUT2D eigenvalue weighted by atomic mass is 10.1. The molecule has 0 bridgehead atoms. The van der Waals surface area contributed by atoms with Gasteiger partial charge < -0.3 is 14.8 Å². The van der Waals surface area contributed by atoms with Gasteiger partial charge in [-0.05, 0) is 37.2 Å². The molecule has 0 saturated heterocycles. The van der Waals surface area contributed by atoms with Gasteiger partial charge in [-0.2, -0.15) is 0 Å². The largest absolute Gasteiger partial charge is 0.497 e. The van der Waals surface area contributed by atoms with Crippen LogP contribution in [-0.2, 0) is 0 Å². The fourth-order valence-corrected chi connectivity index (χ4v) is 1.89. The summed E-state index contributed by atoms with van der Waals surface area (Å²) in [5.41, 5.74) is 0. The molecule has 0 aliphatic rings. The third-order valence-electron chi connectivity index (χ3n) is 3.06. The van der Waals surface area contributed by atoms with Gasteiger partial charge in [0, 0.05) is 6.54 Å². The summed E-state index contributed by atoms with van der Waals surface area (Å²) in [4.78, 5) is 0. The highest BCUT2D eigenvalue weighted by Gasteiger charge is 1.95. The molecule has 0 spiro atoms. The van der Waals surface area contributed by atoms with Crippen molar-refractivity contribution in [3.63, 3.8) is 0 Å². The summed E-state index contributed by atoms with van der Waals surface area (Å²) in [6, 6.07) is 7.69. The molecule has 0 heterocycles. The van der Waals surface area contributed by atoms with Gasteiger partial charge in [-0.1, -0.05) is 32.6 Å². The Morgan fingerprint density at radius 1 is 0.895 bits per heavy atom. The van der Waals surface area contributed by atoms with E-state index in [1.54, 1.807) is 7.11 Å². The molecule has 1 rings (SSSR count). The fourth-order valence-electron chi connectivity index (χ4n) is 1.89. The Bertz CT molecular complexity index is 311. The SMILES string of the molecule is CCCCCCCNCCOc1ccc(OC)cc1. The number of methoxy groups -OCH3 is 1. The second-order valence-electron chi connectivity index (χ2n) is 4.69. The third kappa shape index (κ3) is 7.73. The number of rotatable bonds is 11. The summed E-state index contributed by atoms with van der Waals surface area (Å²) in [6.07, 6.45) is 6.63. The minimum absolute atomic E-state index is 0.710. The van der Waals surface area contributed by atoms with Crippen molar-refractivity contribution in [3.05, 3.63) is 24.3 Å². The molecule has 3 nitrogen and oxygen atoms in total. The zero-order valence-electron chi connectivity index (χ0n) is 12.3. The normalized spacial score (nSPS) is 10.4. The Hall–Kier alpha value is -1.22. The Morgan fingerprint density at radius 3 is 2.26 bits per heavy atom. The van der Waals surface area contributed by atoms with E-state index in [0.29, 0.717) is 6.61 Å². The number of nitrogens with one attached hydrogen (secondary N) is 1. The van der Waals surface area contributed by atoms with Crippen LogP contribution in [0, 0.1) is 0 Å². The minimum Gasteiger partial charge on any atom is -0.497 e. The molecule has 108 valence electrons. The van der Waals surface area contributed by atoms with Crippen molar-refractivity contribution in [2.45, 2.75) is 39.0 Å². The first-order valence-electron chi connectivity index (χ1n) is 7.34. The lowest BCUT2D eigenvalue weighted by Gasteiger charge is -2.08. The van der Waals surface area contributed by atoms with Crippen LogP contribution < -0.4 is 14.8 Å². The minimum atomic E-state index is 0.710. The number of hydrogen-bond acceptors (Lipinski definition) is 3. The first-order valence-corrected chi connectivity index (χ1v) is 7.34. The zero-order chi connectivity index (χ0) is 13.8. The molecule has 0 aliphatic heterocycles. The van der Waals surface area contributed by atoms with Gasteiger partial charge in [-0.3, -0.25) is 0 Å². The van der Waals surface area contributed by atoms with Crippen LogP contribution in [0.25, 0.3) is 0 Å². The van der Waals surface area contributed by atoms with Crippen LogP contribution in [0.4, 0.5) is 0 Å². The molecule has 3 heteroatoms. The summed E-state index contributed by atoms with van der Waals surface area (Å²) in [5, 5.41) is 3.41. The highest BCUT2D eigenvalue weighted by atomic mass is 16.5. The van der Waals surface area contributed by atoms with Crippen molar-refractivity contribution < 1.29 is 9.47 Å². The van der Waals surface area contributed by atoms with Crippen LogP contribution >= 0.6 is 0 Å². The van der Waals surface area contributed by atoms with Crippen molar-refractivity contribution in [2.75, 3.05) is 26.8 Å². The van der Waals surface area contributed by atoms with Gasteiger partial charge in [-0.15, -0.1) is 0 Å². The van der Waals surface area contributed by atoms with Gasteiger partial charge in [0.05, 0.1) is 7.11 Å². The Labute approximate surface area is 117 Å². The molecular weight excluding hydrogens is 238 g/mol. The summed E-state index contributed by atoms with van der Waals surface area (Å²) in [7, 11) is 1.67. The van der Waals surface area contributed by atoms with Crippen LogP contribution in [0.1, 0.15) is 39.0 Å². The van der Waals surface area contributed by atoms with Crippen molar-refractivity contribution in [1.82, 2.24) is 5.32 Å². The molecule has 0 aliphatic carbocycles. The lowest BCUT2D eigenvalue weighted by Crippen LogP contribution is -2.22. The van der Waals surface area contributed by atoms with Crippen molar-refractivity contribution in [2.24, 2.45) is 0 Å². The van der Waals surface area contributed by atoms with Gasteiger partial charge >= 0.3 is 0 Å². The third-order valence-corrected chi connectivity index (χ3v) is 3.06. The smallest absolute Gasteiger partial charge is 0.119 e. The Balaban J connectivity index is 1.95. The fraction of sp³-hybridized carbons (Fsp3) is 0.625. The summed E-state index contributed by atoms with van der Waals surface area (Å²) >= 11 is 0. The highest BCUT2D eigenvalue weighted by molar-refractivity contribution is 5.31. The monoisotopic (exact) mass is 265 g/mol. The summed E-state index contributed by atoms with van der Waals surface area (Å²) in [5.74, 6) is 1.75. The maximum absolute atomic E-state index is 5.63. The van der Waals surface area contributed by atoms with Crippen LogP contribution in [-0.4, -0.2) is 26.8 Å². The van der Waals surface area contributed by atoms with E-state index < -0.39 is 0 Å². The van der Waals surface area contributed by atoms with Crippen molar-refractivity contribution in [3.8, 4) is 11.5 Å². The summed E-state index contributed by atoms with van der Waals surface area (Å²) < 4.78 is 10.7. The zero-order valence-corrected chi connectivity index (χ0v) is 12.3. The van der Waals surface area contributed by atoms with E-state index in [4.69, 9.17) is 9.47 Å². The van der Waals surface area contributed by atoms with Crippen molar-refractivity contribution in [1.29, 1.82) is 0 Å². The molecule has 1 aromatic rings. The molecule has 0 radical (unpaired) electrons. The molecule has 1 N–H and O–H groups in total. The first-order chi connectivity index (χ1) is 9.36. The van der Waals surface area contributed by atoms with E-state index in [1.165, 1.54) is 32.1 Å². The Morgan fingerprint density at radius 2 is 1.58 bits per heavy atom. The van der Waals surface area contributed by atoms with E-state index >= 15 is 0 Å². The molecule has 0 amide bonds. The van der Waals surface area contributed by atoms with E-state index in [-0.39, 0.29) is 0 Å². The lowest BCUT2D eigenvalue weighted by molar-refractivity contribution is 0.312. The van der Waals surface area contributed by atoms with Crippen LogP contribution in [0.3, 0.4) is 0 Å². The van der Waals surface area contributed by atoms with Crippen LogP contribution in [0.15, 0.2) is 24.3 Å². The quantitative estimate of drug-likeness (QED) is 0.620. The number of unbranched alkanes of at least 4 members (excludes halogenated alkanes) is 4. The molecular formula is C16H27NO2. The van der Waals surface area contributed by atoms with E-state index in [1.807, 2.05) is 24.3 Å². The van der Waals surface area contributed by atoms with Gasteiger partial charge in [0.2, 0.25) is 0 Å². The summed E-state index contributed by atoms with van der Waals surface area (Å²) in [6.45, 7) is 4.95. The molecule has 0 atom stereocenters. The number of hydrogen-bond donors (Lipinski definition) is 1. The average molecular weight is 265 g/mol. The maximum atomic E-state index is 5.63. The maximum Gasteiger partial charge on any atom is 0.119 e. The highest BCUT2D eigenvalue weighted by Crippen LogP contribution is 2.16. The predicted octanol–water partition coefficient (Wildman–Crippen LogP) is 3.63. The molecule has 0 saturated carbocycles. The first kappa shape index (κ1) is 15.8. The molecule has 0 unspecified atom stereocenters. The second-order valence-corrected chi connectivity index (χ2v) is 4.69. The topological polar surface area (TPSA) is 30.5 Å². The van der Waals surface area contributed by atoms with Gasteiger partial charge in [0.15, 0.2) is 0 Å². The van der Waals surface area contributed by atoms with Crippen LogP contribution in [0.2, 0.25) is 0 Å². The molecule has 19 heavy (non-hydrogen) atoms. The molecule has 0 fully saturated rings. The molecule has 0 aromatic heterocycles. The average Bonchev–Trinajstić information content (AvgIpc) is 2.46. The Kier molecular flexibility index (Phi) is 8.90. The number of benzene rings is 1. The van der Waals surface area contributed by atoms with E-state index in [9.17, 15) is 0 Å². The van der Waals surface area contributed by atoms with E-state index in [0.717, 1.165) is 24.6 Å². The predicted molar refractivity (Wildman–Crippen MR) is 80.1 cm³/mol. The molecule has 1 aromatic carbocycles. The van der Waals surface area contributed by atoms with Gasteiger partial charge in [0.1, 0.15) is 18.1 Å². The number of ether oxygens (including phenoxy) is 2. The van der Waals surface area contributed by atoms with Crippen LogP contribution in [0.5, 0.6) is 11.5 Å². The standard InChI is InChI=1S/C16H27NO2/c1-3-4-5-6-7-12-17-13-14-19-16-10-8-15(18-2)9-11-16/h8-11,17H,3-7,12-14H2,1-2H3. The second kappa shape index (κ2) is 10.7. The van der Waals surface area contributed by atoms with Crippen molar-refractivity contribution >= 4 is 0 Å². The van der Waals surface area contributed by atoms with E-state index in [2.05, 4.69) is 12.2 Å². The van der Waals surface area contributed by atoms with Gasteiger partial charge in [0.25, 0.3) is 0 Å². The van der Waals surface area contributed by atoms with Gasteiger partial charge in [-0.25, -0.2) is 0 Å².